The highest BCUT2D eigenvalue weighted by Gasteiger charge is 2.25. The molecule has 1 unspecified atom stereocenters. The van der Waals surface area contributed by atoms with E-state index < -0.39 is 6.10 Å². The molecule has 0 bridgehead atoms. The summed E-state index contributed by atoms with van der Waals surface area (Å²) in [7, 11) is 0. The van der Waals surface area contributed by atoms with Gasteiger partial charge in [0.25, 0.3) is 0 Å². The molecule has 6 heteroatoms. The molecule has 5 nitrogen and oxygen atoms in total. The van der Waals surface area contributed by atoms with Gasteiger partial charge in [-0.05, 0) is 25.7 Å². The highest BCUT2D eigenvalue weighted by molar-refractivity contribution is 6.99. The van der Waals surface area contributed by atoms with Crippen LogP contribution in [0.1, 0.15) is 41.0 Å². The molecule has 0 radical (unpaired) electrons. The van der Waals surface area contributed by atoms with Gasteiger partial charge in [-0.1, -0.05) is 20.8 Å². The lowest BCUT2D eigenvalue weighted by molar-refractivity contribution is 0.0927. The second kappa shape index (κ2) is 6.63. The predicted molar refractivity (Wildman–Crippen MR) is 77.6 cm³/mol. The van der Waals surface area contributed by atoms with E-state index in [1.807, 2.05) is 0 Å². The molecule has 0 saturated heterocycles. The van der Waals surface area contributed by atoms with Crippen LogP contribution in [0.5, 0.6) is 5.88 Å². The molecule has 0 aromatic carbocycles. The lowest BCUT2D eigenvalue weighted by Crippen LogP contribution is -2.46. The molecule has 1 atom stereocenters. The Labute approximate surface area is 119 Å². The molecule has 19 heavy (non-hydrogen) atoms. The van der Waals surface area contributed by atoms with Crippen molar-refractivity contribution in [1.82, 2.24) is 14.1 Å². The predicted octanol–water partition coefficient (Wildman–Crippen LogP) is 2.08. The molecule has 110 valence electrons. The Morgan fingerprint density at radius 1 is 1.37 bits per heavy atom. The Balaban J connectivity index is 2.27. The third kappa shape index (κ3) is 7.44. The third-order valence-electron chi connectivity index (χ3n) is 2.55. The molecular formula is C13H25N3O2S. The van der Waals surface area contributed by atoms with E-state index in [2.05, 4.69) is 48.7 Å². The number of rotatable bonds is 7. The molecular weight excluding hydrogens is 262 g/mol. The monoisotopic (exact) mass is 287 g/mol. The van der Waals surface area contributed by atoms with Gasteiger partial charge in [0.2, 0.25) is 5.88 Å². The van der Waals surface area contributed by atoms with Crippen LogP contribution in [0.3, 0.4) is 0 Å². The van der Waals surface area contributed by atoms with Gasteiger partial charge >= 0.3 is 0 Å². The topological polar surface area (TPSA) is 67.3 Å². The quantitative estimate of drug-likeness (QED) is 0.803. The molecule has 0 aliphatic carbocycles. The van der Waals surface area contributed by atoms with Crippen LogP contribution in [0, 0.1) is 5.41 Å². The van der Waals surface area contributed by atoms with Gasteiger partial charge in [-0.25, -0.2) is 0 Å². The maximum atomic E-state index is 9.88. The summed E-state index contributed by atoms with van der Waals surface area (Å²) < 4.78 is 13.1. The normalized spacial score (nSPS) is 14.4. The van der Waals surface area contributed by atoms with Crippen LogP contribution in [-0.4, -0.2) is 38.6 Å². The first-order valence-electron chi connectivity index (χ1n) is 6.51. The van der Waals surface area contributed by atoms with Crippen LogP contribution in [-0.2, 0) is 0 Å². The maximum absolute atomic E-state index is 9.88. The number of aliphatic hydroxyl groups excluding tert-OH is 1. The Morgan fingerprint density at radius 2 is 2.05 bits per heavy atom. The van der Waals surface area contributed by atoms with Gasteiger partial charge in [0, 0.05) is 12.1 Å². The number of nitrogens with one attached hydrogen (secondary N) is 1. The summed E-state index contributed by atoms with van der Waals surface area (Å²) in [5.74, 6) is 0.470. The average molecular weight is 287 g/mol. The second-order valence-corrected chi connectivity index (χ2v) is 7.27. The van der Waals surface area contributed by atoms with Gasteiger partial charge in [-0.3, -0.25) is 0 Å². The van der Waals surface area contributed by atoms with Gasteiger partial charge in [-0.2, -0.15) is 4.37 Å². The fourth-order valence-electron chi connectivity index (χ4n) is 2.24. The molecule has 1 heterocycles. The molecule has 0 aliphatic heterocycles. The van der Waals surface area contributed by atoms with Crippen molar-refractivity contribution < 1.29 is 9.84 Å². The van der Waals surface area contributed by atoms with Crippen LogP contribution in [0.2, 0.25) is 0 Å². The Hall–Kier alpha value is -0.720. The van der Waals surface area contributed by atoms with E-state index in [4.69, 9.17) is 4.74 Å². The van der Waals surface area contributed by atoms with Crippen LogP contribution >= 0.6 is 11.7 Å². The van der Waals surface area contributed by atoms with E-state index in [9.17, 15) is 5.11 Å². The maximum Gasteiger partial charge on any atom is 0.245 e. The van der Waals surface area contributed by atoms with Gasteiger partial charge in [0.15, 0.2) is 0 Å². The van der Waals surface area contributed by atoms with Crippen molar-refractivity contribution in [2.24, 2.45) is 5.41 Å². The highest BCUT2D eigenvalue weighted by atomic mass is 32.1. The van der Waals surface area contributed by atoms with Gasteiger partial charge in [0.05, 0.1) is 11.7 Å². The number of hydrogen-bond acceptors (Lipinski definition) is 6. The van der Waals surface area contributed by atoms with Crippen molar-refractivity contribution in [3.63, 3.8) is 0 Å². The molecule has 0 fully saturated rings. The second-order valence-electron chi connectivity index (χ2n) is 6.71. The molecule has 1 aromatic rings. The lowest BCUT2D eigenvalue weighted by atomic mass is 9.82. The van der Waals surface area contributed by atoms with Crippen LogP contribution in [0.25, 0.3) is 0 Å². The van der Waals surface area contributed by atoms with Gasteiger partial charge in [0.1, 0.15) is 18.9 Å². The van der Waals surface area contributed by atoms with Crippen molar-refractivity contribution in [1.29, 1.82) is 0 Å². The van der Waals surface area contributed by atoms with Crippen LogP contribution in [0.4, 0.5) is 0 Å². The number of aromatic nitrogens is 2. The lowest BCUT2D eigenvalue weighted by Gasteiger charge is -2.34. The fraction of sp³-hybridized carbons (Fsp3) is 0.846. The SMILES string of the molecule is CC(C)(C)CC(C)(C)NCC(O)COc1cnsn1. The van der Waals surface area contributed by atoms with Crippen LogP contribution < -0.4 is 10.1 Å². The van der Waals surface area contributed by atoms with E-state index in [-0.39, 0.29) is 17.6 Å². The summed E-state index contributed by atoms with van der Waals surface area (Å²) in [6, 6.07) is 0. The first-order valence-corrected chi connectivity index (χ1v) is 7.24. The molecule has 0 aliphatic rings. The molecule has 0 saturated carbocycles. The first kappa shape index (κ1) is 16.3. The van der Waals surface area contributed by atoms with Crippen molar-refractivity contribution in [2.75, 3.05) is 13.2 Å². The van der Waals surface area contributed by atoms with Crippen molar-refractivity contribution in [3.05, 3.63) is 6.20 Å². The van der Waals surface area contributed by atoms with E-state index in [0.29, 0.717) is 12.4 Å². The Bertz CT molecular complexity index is 360. The Kier molecular flexibility index (Phi) is 5.70. The smallest absolute Gasteiger partial charge is 0.245 e. The van der Waals surface area contributed by atoms with Crippen molar-refractivity contribution in [2.45, 2.75) is 52.7 Å². The van der Waals surface area contributed by atoms with Crippen LogP contribution in [0.15, 0.2) is 6.20 Å². The van der Waals surface area contributed by atoms with E-state index in [1.54, 1.807) is 6.20 Å². The van der Waals surface area contributed by atoms with E-state index in [1.165, 1.54) is 0 Å². The molecule has 1 rings (SSSR count). The highest BCUT2D eigenvalue weighted by Crippen LogP contribution is 2.26. The number of aliphatic hydroxyl groups is 1. The van der Waals surface area contributed by atoms with E-state index in [0.717, 1.165) is 18.1 Å². The summed E-state index contributed by atoms with van der Waals surface area (Å²) in [5, 5.41) is 13.3. The third-order valence-corrected chi connectivity index (χ3v) is 3.01. The van der Waals surface area contributed by atoms with Crippen molar-refractivity contribution in [3.8, 4) is 5.88 Å². The molecule has 1 aromatic heterocycles. The summed E-state index contributed by atoms with van der Waals surface area (Å²) in [5.41, 5.74) is 0.242. The first-order chi connectivity index (χ1) is 8.68. The Morgan fingerprint density at radius 3 is 2.58 bits per heavy atom. The zero-order valence-corrected chi connectivity index (χ0v) is 13.3. The zero-order valence-electron chi connectivity index (χ0n) is 12.4. The summed E-state index contributed by atoms with van der Waals surface area (Å²) in [6.45, 7) is 11.7. The standard InChI is InChI=1S/C13H25N3O2S/c1-12(2,3)9-13(4,5)14-6-10(17)8-18-11-7-15-19-16-11/h7,10,14,17H,6,8-9H2,1-5H3. The molecule has 0 spiro atoms. The number of nitrogens with zero attached hydrogens (tertiary/aromatic N) is 2. The summed E-state index contributed by atoms with van der Waals surface area (Å²) in [4.78, 5) is 0. The summed E-state index contributed by atoms with van der Waals surface area (Å²) in [6.07, 6.45) is 2.03. The van der Waals surface area contributed by atoms with Gasteiger partial charge < -0.3 is 15.2 Å². The largest absolute Gasteiger partial charge is 0.473 e. The minimum absolute atomic E-state index is 0.0125. The number of ether oxygens (including phenoxy) is 1. The minimum Gasteiger partial charge on any atom is -0.473 e. The number of β-amino-alcohol motifs (C(OH)–C–C–N with tert-alkyl or cyclic N) is 1. The van der Waals surface area contributed by atoms with E-state index >= 15 is 0 Å². The molecule has 0 amide bonds. The zero-order chi connectivity index (χ0) is 14.5. The number of hydrogen-bond donors (Lipinski definition) is 2. The fourth-order valence-corrected chi connectivity index (χ4v) is 2.61. The van der Waals surface area contributed by atoms with Gasteiger partial charge in [-0.15, -0.1) is 4.37 Å². The summed E-state index contributed by atoms with van der Waals surface area (Å²) >= 11 is 1.09. The molecule has 2 N–H and O–H groups in total. The van der Waals surface area contributed by atoms with Crippen molar-refractivity contribution >= 4 is 11.7 Å². The minimum atomic E-state index is -0.555. The average Bonchev–Trinajstić information content (AvgIpc) is 2.73.